The molecule has 6 nitrogen and oxygen atoms in total. The van der Waals surface area contributed by atoms with E-state index in [2.05, 4.69) is 17.4 Å². The first-order chi connectivity index (χ1) is 13.0. The molecule has 3 rings (SSSR count). The van der Waals surface area contributed by atoms with Crippen molar-refractivity contribution >= 4 is 11.8 Å². The van der Waals surface area contributed by atoms with E-state index in [4.69, 9.17) is 10.2 Å². The standard InChI is InChI=1S/C21H27N3O3/c1-14(2)19(23-20(25)18-9-6-10-27-18)21(26)24-12-16(11-22)17(13-24)15-7-4-3-5-8-15/h3-10,14,16-17,19H,11-13,22H2,1-2H3,(H,23,25)/t16-,17+,19?/m1/s1. The zero-order chi connectivity index (χ0) is 19.4. The normalized spacial score (nSPS) is 20.7. The number of hydrogen-bond donors (Lipinski definition) is 2. The largest absolute Gasteiger partial charge is 0.459 e. The summed E-state index contributed by atoms with van der Waals surface area (Å²) in [6, 6.07) is 12.8. The summed E-state index contributed by atoms with van der Waals surface area (Å²) in [5.41, 5.74) is 7.18. The smallest absolute Gasteiger partial charge is 0.287 e. The van der Waals surface area contributed by atoms with Gasteiger partial charge in [-0.2, -0.15) is 0 Å². The minimum absolute atomic E-state index is 0.0384. The van der Waals surface area contributed by atoms with Gasteiger partial charge in [-0.25, -0.2) is 0 Å². The summed E-state index contributed by atoms with van der Waals surface area (Å²) in [5, 5.41) is 2.83. The van der Waals surface area contributed by atoms with E-state index in [1.165, 1.54) is 11.8 Å². The van der Waals surface area contributed by atoms with Gasteiger partial charge in [0.05, 0.1) is 6.26 Å². The van der Waals surface area contributed by atoms with Gasteiger partial charge in [0.15, 0.2) is 5.76 Å². The third kappa shape index (κ3) is 4.22. The summed E-state index contributed by atoms with van der Waals surface area (Å²) >= 11 is 0. The Morgan fingerprint density at radius 3 is 2.52 bits per heavy atom. The van der Waals surface area contributed by atoms with E-state index in [9.17, 15) is 9.59 Å². The van der Waals surface area contributed by atoms with E-state index in [1.54, 1.807) is 12.1 Å². The highest BCUT2D eigenvalue weighted by Gasteiger charge is 2.38. The fraction of sp³-hybridized carbons (Fsp3) is 0.429. The molecule has 1 aromatic carbocycles. The third-order valence-electron chi connectivity index (χ3n) is 5.25. The Balaban J connectivity index is 1.73. The van der Waals surface area contributed by atoms with Crippen LogP contribution in [0.2, 0.25) is 0 Å². The third-order valence-corrected chi connectivity index (χ3v) is 5.25. The van der Waals surface area contributed by atoms with Gasteiger partial charge in [-0.3, -0.25) is 9.59 Å². The van der Waals surface area contributed by atoms with Crippen molar-refractivity contribution in [2.75, 3.05) is 19.6 Å². The number of likely N-dealkylation sites (tertiary alicyclic amines) is 1. The van der Waals surface area contributed by atoms with Crippen LogP contribution in [-0.4, -0.2) is 42.4 Å². The number of furan rings is 1. The second-order valence-electron chi connectivity index (χ2n) is 7.43. The summed E-state index contributed by atoms with van der Waals surface area (Å²) in [4.78, 5) is 27.4. The molecule has 2 amide bonds. The number of nitrogens with two attached hydrogens (primary N) is 1. The van der Waals surface area contributed by atoms with Crippen LogP contribution in [0.3, 0.4) is 0 Å². The predicted octanol–water partition coefficient (Wildman–Crippen LogP) is 2.23. The minimum atomic E-state index is -0.601. The average Bonchev–Trinajstić information content (AvgIpc) is 3.35. The molecule has 1 fully saturated rings. The van der Waals surface area contributed by atoms with Gasteiger partial charge in [0.25, 0.3) is 5.91 Å². The van der Waals surface area contributed by atoms with Crippen LogP contribution in [-0.2, 0) is 4.79 Å². The zero-order valence-electron chi connectivity index (χ0n) is 15.8. The second-order valence-corrected chi connectivity index (χ2v) is 7.43. The van der Waals surface area contributed by atoms with Crippen LogP contribution >= 0.6 is 0 Å². The molecule has 27 heavy (non-hydrogen) atoms. The highest BCUT2D eigenvalue weighted by atomic mass is 16.3. The lowest BCUT2D eigenvalue weighted by Crippen LogP contribution is -2.50. The van der Waals surface area contributed by atoms with Crippen molar-refractivity contribution in [1.29, 1.82) is 0 Å². The van der Waals surface area contributed by atoms with E-state index in [0.29, 0.717) is 19.6 Å². The number of nitrogens with zero attached hydrogens (tertiary/aromatic N) is 1. The van der Waals surface area contributed by atoms with Gasteiger partial charge in [0.1, 0.15) is 6.04 Å². The van der Waals surface area contributed by atoms with Crippen LogP contribution in [0.4, 0.5) is 0 Å². The Hall–Kier alpha value is -2.60. The molecule has 1 aliphatic heterocycles. The Morgan fingerprint density at radius 2 is 1.93 bits per heavy atom. The molecular weight excluding hydrogens is 342 g/mol. The second kappa shape index (κ2) is 8.39. The van der Waals surface area contributed by atoms with Crippen molar-refractivity contribution in [3.05, 3.63) is 60.1 Å². The minimum Gasteiger partial charge on any atom is -0.459 e. The lowest BCUT2D eigenvalue weighted by atomic mass is 9.89. The SMILES string of the molecule is CC(C)C(NC(=O)c1ccco1)C(=O)N1C[C@@H](CN)[C@H](c2ccccc2)C1. The molecule has 3 N–H and O–H groups in total. The first-order valence-electron chi connectivity index (χ1n) is 9.39. The van der Waals surface area contributed by atoms with E-state index < -0.39 is 6.04 Å². The van der Waals surface area contributed by atoms with Crippen molar-refractivity contribution in [1.82, 2.24) is 10.2 Å². The average molecular weight is 369 g/mol. The molecule has 1 aliphatic rings. The van der Waals surface area contributed by atoms with Crippen molar-refractivity contribution in [3.8, 4) is 0 Å². The number of amides is 2. The van der Waals surface area contributed by atoms with Crippen molar-refractivity contribution in [2.24, 2.45) is 17.6 Å². The molecule has 0 radical (unpaired) electrons. The van der Waals surface area contributed by atoms with E-state index >= 15 is 0 Å². The Kier molecular flexibility index (Phi) is 5.96. The number of carbonyl (C=O) groups is 2. The maximum Gasteiger partial charge on any atom is 0.287 e. The Morgan fingerprint density at radius 1 is 1.19 bits per heavy atom. The number of benzene rings is 1. The Bertz CT molecular complexity index is 758. The highest BCUT2D eigenvalue weighted by Crippen LogP contribution is 2.32. The molecule has 1 saturated heterocycles. The number of rotatable bonds is 6. The topological polar surface area (TPSA) is 88.6 Å². The van der Waals surface area contributed by atoms with Gasteiger partial charge < -0.3 is 20.4 Å². The lowest BCUT2D eigenvalue weighted by Gasteiger charge is -2.26. The quantitative estimate of drug-likeness (QED) is 0.817. The molecule has 0 aliphatic carbocycles. The molecule has 1 unspecified atom stereocenters. The molecule has 2 aromatic rings. The molecule has 0 saturated carbocycles. The van der Waals surface area contributed by atoms with E-state index in [-0.39, 0.29) is 35.3 Å². The lowest BCUT2D eigenvalue weighted by molar-refractivity contribution is -0.133. The van der Waals surface area contributed by atoms with Gasteiger partial charge in [0.2, 0.25) is 5.91 Å². The van der Waals surface area contributed by atoms with Gasteiger partial charge in [-0.05, 0) is 36.1 Å². The van der Waals surface area contributed by atoms with Crippen LogP contribution in [0, 0.1) is 11.8 Å². The summed E-state index contributed by atoms with van der Waals surface area (Å²) in [5.74, 6) is 0.155. The van der Waals surface area contributed by atoms with Crippen LogP contribution < -0.4 is 11.1 Å². The van der Waals surface area contributed by atoms with Crippen LogP contribution in [0.1, 0.15) is 35.9 Å². The fourth-order valence-corrected chi connectivity index (χ4v) is 3.70. The van der Waals surface area contributed by atoms with Gasteiger partial charge in [0, 0.05) is 19.0 Å². The molecule has 6 heteroatoms. The van der Waals surface area contributed by atoms with Gasteiger partial charge in [-0.15, -0.1) is 0 Å². The van der Waals surface area contributed by atoms with Crippen molar-refractivity contribution in [3.63, 3.8) is 0 Å². The Labute approximate surface area is 159 Å². The van der Waals surface area contributed by atoms with Crippen molar-refractivity contribution < 1.29 is 14.0 Å². The molecule has 3 atom stereocenters. The summed E-state index contributed by atoms with van der Waals surface area (Å²) in [6.45, 7) is 5.60. The summed E-state index contributed by atoms with van der Waals surface area (Å²) in [6.07, 6.45) is 1.44. The predicted molar refractivity (Wildman–Crippen MR) is 103 cm³/mol. The van der Waals surface area contributed by atoms with E-state index in [0.717, 1.165) is 0 Å². The molecule has 0 bridgehead atoms. The van der Waals surface area contributed by atoms with Crippen molar-refractivity contribution in [2.45, 2.75) is 25.8 Å². The monoisotopic (exact) mass is 369 g/mol. The van der Waals surface area contributed by atoms with E-state index in [1.807, 2.05) is 36.9 Å². The summed E-state index contributed by atoms with van der Waals surface area (Å²) < 4.78 is 5.14. The zero-order valence-corrected chi connectivity index (χ0v) is 15.8. The molecular formula is C21H27N3O3. The molecule has 2 heterocycles. The highest BCUT2D eigenvalue weighted by molar-refractivity contribution is 5.95. The first-order valence-corrected chi connectivity index (χ1v) is 9.39. The number of nitrogens with one attached hydrogen (secondary N) is 1. The number of carbonyl (C=O) groups excluding carboxylic acids is 2. The van der Waals surface area contributed by atoms with Crippen LogP contribution in [0.15, 0.2) is 53.1 Å². The molecule has 1 aromatic heterocycles. The molecule has 144 valence electrons. The fourth-order valence-electron chi connectivity index (χ4n) is 3.70. The van der Waals surface area contributed by atoms with Crippen LogP contribution in [0.5, 0.6) is 0 Å². The van der Waals surface area contributed by atoms with Crippen LogP contribution in [0.25, 0.3) is 0 Å². The van der Waals surface area contributed by atoms with Gasteiger partial charge in [-0.1, -0.05) is 44.2 Å². The molecule has 0 spiro atoms. The first kappa shape index (κ1) is 19.2. The maximum absolute atomic E-state index is 13.2. The summed E-state index contributed by atoms with van der Waals surface area (Å²) in [7, 11) is 0. The number of hydrogen-bond acceptors (Lipinski definition) is 4. The van der Waals surface area contributed by atoms with Gasteiger partial charge >= 0.3 is 0 Å². The maximum atomic E-state index is 13.2.